The van der Waals surface area contributed by atoms with E-state index in [1.54, 1.807) is 12.1 Å². The lowest BCUT2D eigenvalue weighted by molar-refractivity contribution is -0.123. The molecule has 2 N–H and O–H groups in total. The Labute approximate surface area is 101 Å². The van der Waals surface area contributed by atoms with E-state index in [0.717, 1.165) is 5.56 Å². The minimum absolute atomic E-state index is 0.0205. The fraction of sp³-hybridized carbons (Fsp3) is 0.462. The monoisotopic (exact) mass is 238 g/mol. The average molecular weight is 238 g/mol. The summed E-state index contributed by atoms with van der Waals surface area (Å²) in [7, 11) is 0. The molecule has 0 bridgehead atoms. The largest absolute Gasteiger partial charge is 0.355 e. The smallest absolute Gasteiger partial charge is 0.222 e. The minimum Gasteiger partial charge on any atom is -0.355 e. The van der Waals surface area contributed by atoms with Crippen molar-refractivity contribution in [2.45, 2.75) is 20.4 Å². The van der Waals surface area contributed by atoms with Gasteiger partial charge >= 0.3 is 0 Å². The molecule has 0 aliphatic carbocycles. The zero-order valence-corrected chi connectivity index (χ0v) is 10.3. The van der Waals surface area contributed by atoms with Crippen LogP contribution in [0, 0.1) is 11.7 Å². The third-order valence-electron chi connectivity index (χ3n) is 2.37. The highest BCUT2D eigenvalue weighted by Crippen LogP contribution is 2.01. The first-order valence-corrected chi connectivity index (χ1v) is 5.82. The molecular formula is C13H19FN2O. The molecule has 1 aromatic rings. The van der Waals surface area contributed by atoms with Crippen LogP contribution in [0.2, 0.25) is 0 Å². The number of carbonyl (C=O) groups excluding carboxylic acids is 1. The van der Waals surface area contributed by atoms with Crippen molar-refractivity contribution < 1.29 is 9.18 Å². The van der Waals surface area contributed by atoms with Crippen LogP contribution in [0.25, 0.3) is 0 Å². The molecule has 4 heteroatoms. The lowest BCUT2D eigenvalue weighted by Gasteiger charge is -2.08. The molecular weight excluding hydrogens is 219 g/mol. The molecule has 0 aromatic heterocycles. The third kappa shape index (κ3) is 5.45. The van der Waals surface area contributed by atoms with Crippen molar-refractivity contribution in [3.05, 3.63) is 35.6 Å². The van der Waals surface area contributed by atoms with Gasteiger partial charge in [0.2, 0.25) is 5.91 Å². The van der Waals surface area contributed by atoms with Crippen LogP contribution in [0.4, 0.5) is 4.39 Å². The van der Waals surface area contributed by atoms with Crippen molar-refractivity contribution in [2.75, 3.05) is 13.1 Å². The predicted molar refractivity (Wildman–Crippen MR) is 66.0 cm³/mol. The molecule has 0 spiro atoms. The highest BCUT2D eigenvalue weighted by atomic mass is 19.1. The van der Waals surface area contributed by atoms with Gasteiger partial charge in [-0.3, -0.25) is 4.79 Å². The van der Waals surface area contributed by atoms with E-state index >= 15 is 0 Å². The van der Waals surface area contributed by atoms with Crippen molar-refractivity contribution in [1.82, 2.24) is 10.6 Å². The Morgan fingerprint density at radius 1 is 1.24 bits per heavy atom. The van der Waals surface area contributed by atoms with Crippen LogP contribution in [-0.2, 0) is 11.3 Å². The molecule has 94 valence electrons. The van der Waals surface area contributed by atoms with Crippen LogP contribution >= 0.6 is 0 Å². The summed E-state index contributed by atoms with van der Waals surface area (Å²) in [4.78, 5) is 11.2. The molecule has 1 rings (SSSR count). The summed E-state index contributed by atoms with van der Waals surface area (Å²) in [6.07, 6.45) is 0. The van der Waals surface area contributed by atoms with Gasteiger partial charge in [0, 0.05) is 25.6 Å². The van der Waals surface area contributed by atoms with Gasteiger partial charge in [0.25, 0.3) is 0 Å². The Balaban J connectivity index is 2.12. The van der Waals surface area contributed by atoms with Gasteiger partial charge < -0.3 is 10.6 Å². The van der Waals surface area contributed by atoms with Gasteiger partial charge in [-0.1, -0.05) is 26.0 Å². The lowest BCUT2D eigenvalue weighted by atomic mass is 10.2. The van der Waals surface area contributed by atoms with Gasteiger partial charge in [-0.05, 0) is 17.7 Å². The van der Waals surface area contributed by atoms with Crippen molar-refractivity contribution in [1.29, 1.82) is 0 Å². The molecule has 0 aliphatic heterocycles. The summed E-state index contributed by atoms with van der Waals surface area (Å²) in [5.74, 6) is -0.140. The van der Waals surface area contributed by atoms with Crippen LogP contribution in [-0.4, -0.2) is 19.0 Å². The molecule has 0 fully saturated rings. The first-order valence-electron chi connectivity index (χ1n) is 5.82. The summed E-state index contributed by atoms with van der Waals surface area (Å²) in [6, 6.07) is 6.37. The summed E-state index contributed by atoms with van der Waals surface area (Å²) in [6.45, 7) is 5.72. The number of hydrogen-bond donors (Lipinski definition) is 2. The highest BCUT2D eigenvalue weighted by Gasteiger charge is 2.04. The SMILES string of the molecule is CC(C)C(=O)NCCNCc1ccc(F)cc1. The Morgan fingerprint density at radius 3 is 2.47 bits per heavy atom. The zero-order valence-electron chi connectivity index (χ0n) is 10.3. The molecule has 0 saturated carbocycles. The second kappa shape index (κ2) is 7.01. The maximum atomic E-state index is 12.6. The molecule has 0 radical (unpaired) electrons. The molecule has 0 aliphatic rings. The highest BCUT2D eigenvalue weighted by molar-refractivity contribution is 5.77. The second-order valence-electron chi connectivity index (χ2n) is 4.25. The predicted octanol–water partition coefficient (Wildman–Crippen LogP) is 1.69. The Morgan fingerprint density at radius 2 is 1.88 bits per heavy atom. The van der Waals surface area contributed by atoms with E-state index in [1.165, 1.54) is 12.1 Å². The number of carbonyl (C=O) groups is 1. The topological polar surface area (TPSA) is 41.1 Å². The molecule has 1 aromatic carbocycles. The van der Waals surface area contributed by atoms with Crippen molar-refractivity contribution in [2.24, 2.45) is 5.92 Å². The fourth-order valence-corrected chi connectivity index (χ4v) is 1.31. The molecule has 0 heterocycles. The standard InChI is InChI=1S/C13H19FN2O/c1-10(2)13(17)16-8-7-15-9-11-3-5-12(14)6-4-11/h3-6,10,15H,7-9H2,1-2H3,(H,16,17). The number of halogens is 1. The molecule has 3 nitrogen and oxygen atoms in total. The van der Waals surface area contributed by atoms with Crippen LogP contribution < -0.4 is 10.6 Å². The summed E-state index contributed by atoms with van der Waals surface area (Å²) >= 11 is 0. The minimum atomic E-state index is -0.224. The Bertz CT molecular complexity index is 349. The van der Waals surface area contributed by atoms with Gasteiger partial charge in [0.05, 0.1) is 0 Å². The van der Waals surface area contributed by atoms with Crippen LogP contribution in [0.15, 0.2) is 24.3 Å². The van der Waals surface area contributed by atoms with Crippen molar-refractivity contribution >= 4 is 5.91 Å². The molecule has 1 amide bonds. The Kier molecular flexibility index (Phi) is 5.63. The Hall–Kier alpha value is -1.42. The second-order valence-corrected chi connectivity index (χ2v) is 4.25. The van der Waals surface area contributed by atoms with E-state index in [-0.39, 0.29) is 17.6 Å². The first-order chi connectivity index (χ1) is 8.09. The molecule has 0 saturated heterocycles. The number of hydrogen-bond acceptors (Lipinski definition) is 2. The zero-order chi connectivity index (χ0) is 12.7. The van der Waals surface area contributed by atoms with E-state index in [0.29, 0.717) is 19.6 Å². The van der Waals surface area contributed by atoms with Gasteiger partial charge in [-0.15, -0.1) is 0 Å². The lowest BCUT2D eigenvalue weighted by Crippen LogP contribution is -2.34. The van der Waals surface area contributed by atoms with Gasteiger partial charge in [0.1, 0.15) is 5.82 Å². The van der Waals surface area contributed by atoms with Crippen molar-refractivity contribution in [3.63, 3.8) is 0 Å². The van der Waals surface area contributed by atoms with E-state index in [2.05, 4.69) is 10.6 Å². The quantitative estimate of drug-likeness (QED) is 0.740. The van der Waals surface area contributed by atoms with E-state index in [9.17, 15) is 9.18 Å². The van der Waals surface area contributed by atoms with Gasteiger partial charge in [0.15, 0.2) is 0 Å². The van der Waals surface area contributed by atoms with Crippen LogP contribution in [0.1, 0.15) is 19.4 Å². The number of rotatable bonds is 6. The molecule has 17 heavy (non-hydrogen) atoms. The molecule has 0 atom stereocenters. The van der Waals surface area contributed by atoms with Crippen LogP contribution in [0.3, 0.4) is 0 Å². The number of nitrogens with one attached hydrogen (secondary N) is 2. The van der Waals surface area contributed by atoms with Gasteiger partial charge in [-0.25, -0.2) is 4.39 Å². The van der Waals surface area contributed by atoms with E-state index in [1.807, 2.05) is 13.8 Å². The summed E-state index contributed by atoms with van der Waals surface area (Å²) in [5, 5.41) is 5.99. The first kappa shape index (κ1) is 13.6. The summed E-state index contributed by atoms with van der Waals surface area (Å²) < 4.78 is 12.6. The average Bonchev–Trinajstić information content (AvgIpc) is 2.30. The fourth-order valence-electron chi connectivity index (χ4n) is 1.31. The maximum Gasteiger partial charge on any atom is 0.222 e. The number of benzene rings is 1. The third-order valence-corrected chi connectivity index (χ3v) is 2.37. The van der Waals surface area contributed by atoms with Crippen LogP contribution in [0.5, 0.6) is 0 Å². The van der Waals surface area contributed by atoms with Crippen molar-refractivity contribution in [3.8, 4) is 0 Å². The number of amides is 1. The van der Waals surface area contributed by atoms with E-state index < -0.39 is 0 Å². The molecule has 0 unspecified atom stereocenters. The maximum absolute atomic E-state index is 12.6. The van der Waals surface area contributed by atoms with Gasteiger partial charge in [-0.2, -0.15) is 0 Å². The normalized spacial score (nSPS) is 10.6. The van der Waals surface area contributed by atoms with E-state index in [4.69, 9.17) is 0 Å². The summed E-state index contributed by atoms with van der Waals surface area (Å²) in [5.41, 5.74) is 1.03.